The first kappa shape index (κ1) is 11.0. The van der Waals surface area contributed by atoms with Crippen molar-refractivity contribution in [2.45, 2.75) is 13.8 Å². The molecule has 2 aromatic heterocycles. The molecular weight excluding hydrogens is 227 g/mol. The summed E-state index contributed by atoms with van der Waals surface area (Å²) in [6.07, 6.45) is 1.72. The van der Waals surface area contributed by atoms with E-state index in [0.29, 0.717) is 5.56 Å². The van der Waals surface area contributed by atoms with Crippen LogP contribution in [0.3, 0.4) is 0 Å². The highest BCUT2D eigenvalue weighted by Crippen LogP contribution is 2.25. The highest BCUT2D eigenvalue weighted by Gasteiger charge is 2.11. The van der Waals surface area contributed by atoms with Gasteiger partial charge in [-0.2, -0.15) is 0 Å². The van der Waals surface area contributed by atoms with Gasteiger partial charge in [0.1, 0.15) is 11.5 Å². The fraction of sp³-hybridized carbons (Fsp3) is 0.133. The van der Waals surface area contributed by atoms with Gasteiger partial charge in [0.05, 0.1) is 11.9 Å². The third kappa shape index (κ3) is 1.59. The second-order valence-electron chi connectivity index (χ2n) is 4.49. The van der Waals surface area contributed by atoms with E-state index in [1.54, 1.807) is 18.3 Å². The lowest BCUT2D eigenvalue weighted by Crippen LogP contribution is -1.96. The van der Waals surface area contributed by atoms with Crippen LogP contribution >= 0.6 is 0 Å². The molecule has 18 heavy (non-hydrogen) atoms. The number of nitrogens with zero attached hydrogens (tertiary/aromatic N) is 2. The van der Waals surface area contributed by atoms with Crippen molar-refractivity contribution >= 4 is 5.65 Å². The van der Waals surface area contributed by atoms with E-state index < -0.39 is 0 Å². The topological polar surface area (TPSA) is 17.3 Å². The van der Waals surface area contributed by atoms with Crippen LogP contribution < -0.4 is 0 Å². The number of rotatable bonds is 1. The monoisotopic (exact) mass is 240 g/mol. The van der Waals surface area contributed by atoms with Crippen LogP contribution in [0.15, 0.2) is 42.6 Å². The highest BCUT2D eigenvalue weighted by molar-refractivity contribution is 5.65. The van der Waals surface area contributed by atoms with Gasteiger partial charge in [-0.1, -0.05) is 12.1 Å². The number of fused-ring (bicyclic) bond motifs is 1. The van der Waals surface area contributed by atoms with Crippen molar-refractivity contribution in [3.05, 3.63) is 59.7 Å². The van der Waals surface area contributed by atoms with Crippen LogP contribution in [0.1, 0.15) is 11.3 Å². The Morgan fingerprint density at radius 3 is 2.67 bits per heavy atom. The first-order chi connectivity index (χ1) is 8.66. The average Bonchev–Trinajstić information content (AvgIpc) is 2.73. The molecule has 3 heteroatoms. The lowest BCUT2D eigenvalue weighted by molar-refractivity contribution is 0.630. The lowest BCUT2D eigenvalue weighted by Gasteiger charge is -2.07. The molecule has 3 rings (SSSR count). The molecule has 0 fully saturated rings. The molecule has 3 aromatic rings. The molecule has 0 aliphatic carbocycles. The molecule has 0 bridgehead atoms. The Morgan fingerprint density at radius 1 is 1.11 bits per heavy atom. The largest absolute Gasteiger partial charge is 0.297 e. The standard InChI is InChI=1S/C15H13FN2/c1-10-7-11(2)18-14(9-17-15(18)8-10)12-5-3-4-6-13(12)16/h3-9H,1-2H3. The summed E-state index contributed by atoms with van der Waals surface area (Å²) in [6.45, 7) is 4.04. The Kier molecular flexibility index (Phi) is 2.40. The van der Waals surface area contributed by atoms with Gasteiger partial charge in [0.25, 0.3) is 0 Å². The minimum Gasteiger partial charge on any atom is -0.297 e. The number of pyridine rings is 1. The summed E-state index contributed by atoms with van der Waals surface area (Å²) in [5.74, 6) is -0.223. The normalized spacial score (nSPS) is 11.1. The summed E-state index contributed by atoms with van der Waals surface area (Å²) < 4.78 is 15.8. The van der Waals surface area contributed by atoms with E-state index in [1.165, 1.54) is 6.07 Å². The molecule has 0 unspecified atom stereocenters. The van der Waals surface area contributed by atoms with E-state index in [4.69, 9.17) is 0 Å². The Balaban J connectivity index is 2.35. The van der Waals surface area contributed by atoms with Gasteiger partial charge in [-0.25, -0.2) is 9.37 Å². The van der Waals surface area contributed by atoms with Gasteiger partial charge < -0.3 is 0 Å². The van der Waals surface area contributed by atoms with Crippen LogP contribution in [0.2, 0.25) is 0 Å². The van der Waals surface area contributed by atoms with Gasteiger partial charge >= 0.3 is 0 Å². The number of hydrogen-bond acceptors (Lipinski definition) is 1. The van der Waals surface area contributed by atoms with Crippen LogP contribution in [0, 0.1) is 19.7 Å². The van der Waals surface area contributed by atoms with Crippen molar-refractivity contribution < 1.29 is 4.39 Å². The molecular formula is C15H13FN2. The molecule has 1 aromatic carbocycles. The zero-order chi connectivity index (χ0) is 12.7. The number of hydrogen-bond donors (Lipinski definition) is 0. The molecule has 0 aliphatic heterocycles. The maximum atomic E-state index is 13.9. The summed E-state index contributed by atoms with van der Waals surface area (Å²) in [4.78, 5) is 4.35. The molecule has 0 saturated heterocycles. The van der Waals surface area contributed by atoms with Gasteiger partial charge in [0.15, 0.2) is 0 Å². The zero-order valence-electron chi connectivity index (χ0n) is 10.3. The van der Waals surface area contributed by atoms with Crippen LogP contribution in [-0.2, 0) is 0 Å². The summed E-state index contributed by atoms with van der Waals surface area (Å²) in [6, 6.07) is 10.8. The summed E-state index contributed by atoms with van der Waals surface area (Å²) in [5, 5.41) is 0. The number of imidazole rings is 1. The molecule has 0 aliphatic rings. The van der Waals surface area contributed by atoms with E-state index in [2.05, 4.69) is 11.1 Å². The van der Waals surface area contributed by atoms with Gasteiger partial charge in [0, 0.05) is 11.3 Å². The SMILES string of the molecule is Cc1cc(C)n2c(-c3ccccc3F)cnc2c1. The van der Waals surface area contributed by atoms with Gasteiger partial charge in [0.2, 0.25) is 0 Å². The number of aromatic nitrogens is 2. The van der Waals surface area contributed by atoms with Crippen molar-refractivity contribution in [1.82, 2.24) is 9.38 Å². The molecule has 2 heterocycles. The maximum Gasteiger partial charge on any atom is 0.137 e. The maximum absolute atomic E-state index is 13.9. The minimum atomic E-state index is -0.223. The fourth-order valence-corrected chi connectivity index (χ4v) is 2.34. The van der Waals surface area contributed by atoms with Gasteiger partial charge in [-0.15, -0.1) is 0 Å². The van der Waals surface area contributed by atoms with Crippen molar-refractivity contribution in [3.63, 3.8) is 0 Å². The predicted octanol–water partition coefficient (Wildman–Crippen LogP) is 3.76. The summed E-state index contributed by atoms with van der Waals surface area (Å²) >= 11 is 0. The Labute approximate surface area is 105 Å². The van der Waals surface area contributed by atoms with Crippen LogP contribution in [0.5, 0.6) is 0 Å². The Bertz CT molecular complexity index is 728. The molecule has 0 atom stereocenters. The molecule has 0 N–H and O–H groups in total. The number of aryl methyl sites for hydroxylation is 2. The summed E-state index contributed by atoms with van der Waals surface area (Å²) in [7, 11) is 0. The Hall–Kier alpha value is -2.16. The van der Waals surface area contributed by atoms with E-state index in [-0.39, 0.29) is 5.82 Å². The van der Waals surface area contributed by atoms with E-state index in [1.807, 2.05) is 30.4 Å². The van der Waals surface area contributed by atoms with Crippen molar-refractivity contribution in [3.8, 4) is 11.3 Å². The van der Waals surface area contributed by atoms with Crippen molar-refractivity contribution in [2.24, 2.45) is 0 Å². The second kappa shape index (κ2) is 3.95. The minimum absolute atomic E-state index is 0.223. The third-order valence-electron chi connectivity index (χ3n) is 3.08. The predicted molar refractivity (Wildman–Crippen MR) is 70.1 cm³/mol. The molecule has 0 saturated carbocycles. The third-order valence-corrected chi connectivity index (χ3v) is 3.08. The van der Waals surface area contributed by atoms with E-state index in [9.17, 15) is 4.39 Å². The van der Waals surface area contributed by atoms with E-state index >= 15 is 0 Å². The van der Waals surface area contributed by atoms with Crippen molar-refractivity contribution in [2.75, 3.05) is 0 Å². The number of benzene rings is 1. The molecule has 0 spiro atoms. The molecule has 2 nitrogen and oxygen atoms in total. The second-order valence-corrected chi connectivity index (χ2v) is 4.49. The van der Waals surface area contributed by atoms with Crippen LogP contribution in [0.25, 0.3) is 16.9 Å². The molecule has 0 amide bonds. The van der Waals surface area contributed by atoms with Crippen LogP contribution in [0.4, 0.5) is 4.39 Å². The molecule has 90 valence electrons. The van der Waals surface area contributed by atoms with Crippen LogP contribution in [-0.4, -0.2) is 9.38 Å². The first-order valence-corrected chi connectivity index (χ1v) is 5.86. The van der Waals surface area contributed by atoms with Crippen molar-refractivity contribution in [1.29, 1.82) is 0 Å². The number of halogens is 1. The molecule has 0 radical (unpaired) electrons. The Morgan fingerprint density at radius 2 is 1.89 bits per heavy atom. The smallest absolute Gasteiger partial charge is 0.137 e. The fourth-order valence-electron chi connectivity index (χ4n) is 2.34. The lowest BCUT2D eigenvalue weighted by atomic mass is 10.1. The quantitative estimate of drug-likeness (QED) is 0.633. The average molecular weight is 240 g/mol. The summed E-state index contributed by atoms with van der Waals surface area (Å²) in [5.41, 5.74) is 4.44. The van der Waals surface area contributed by atoms with Gasteiger partial charge in [-0.3, -0.25) is 4.40 Å². The first-order valence-electron chi connectivity index (χ1n) is 5.86. The van der Waals surface area contributed by atoms with E-state index in [0.717, 1.165) is 22.6 Å². The highest BCUT2D eigenvalue weighted by atomic mass is 19.1. The zero-order valence-corrected chi connectivity index (χ0v) is 10.3. The van der Waals surface area contributed by atoms with Gasteiger partial charge in [-0.05, 0) is 43.7 Å².